The smallest absolute Gasteiger partial charge is 0.151 e. The van der Waals surface area contributed by atoms with Crippen LogP contribution in [0.1, 0.15) is 11.6 Å². The number of halogens is 1. The summed E-state index contributed by atoms with van der Waals surface area (Å²) in [5, 5.41) is 8.62. The number of rotatable bonds is 2. The number of piperazine rings is 1. The Hall–Kier alpha value is -1.65. The second-order valence-electron chi connectivity index (χ2n) is 5.10. The van der Waals surface area contributed by atoms with Crippen molar-refractivity contribution in [3.05, 3.63) is 53.2 Å². The molecular weight excluding hydrogens is 272 g/mol. The van der Waals surface area contributed by atoms with Gasteiger partial charge in [0.2, 0.25) is 0 Å². The van der Waals surface area contributed by atoms with Gasteiger partial charge in [-0.05, 0) is 24.7 Å². The minimum Gasteiger partial charge on any atom is -0.346 e. The molecule has 1 aromatic heterocycles. The summed E-state index contributed by atoms with van der Waals surface area (Å²) in [7, 11) is 2.15. The van der Waals surface area contributed by atoms with Crippen molar-refractivity contribution in [2.75, 3.05) is 31.6 Å². The molecule has 1 atom stereocenters. The van der Waals surface area contributed by atoms with Crippen LogP contribution in [0.15, 0.2) is 42.5 Å². The molecule has 0 aliphatic carbocycles. The van der Waals surface area contributed by atoms with Crippen molar-refractivity contribution in [2.45, 2.75) is 6.04 Å². The third kappa shape index (κ3) is 2.76. The molecule has 0 spiro atoms. The molecule has 104 valence electrons. The third-order valence-electron chi connectivity index (χ3n) is 3.68. The lowest BCUT2D eigenvalue weighted by atomic mass is 10.0. The van der Waals surface area contributed by atoms with Gasteiger partial charge in [-0.3, -0.25) is 0 Å². The average Bonchev–Trinajstić information content (AvgIpc) is 2.49. The predicted molar refractivity (Wildman–Crippen MR) is 81.1 cm³/mol. The summed E-state index contributed by atoms with van der Waals surface area (Å²) in [5.41, 5.74) is 1.30. The first kappa shape index (κ1) is 13.3. The number of nitrogens with zero attached hydrogens (tertiary/aromatic N) is 4. The monoisotopic (exact) mass is 288 g/mol. The van der Waals surface area contributed by atoms with Crippen LogP contribution < -0.4 is 4.90 Å². The van der Waals surface area contributed by atoms with Crippen molar-refractivity contribution in [1.29, 1.82) is 0 Å². The van der Waals surface area contributed by atoms with E-state index in [9.17, 15) is 0 Å². The highest BCUT2D eigenvalue weighted by Crippen LogP contribution is 2.28. The first-order valence-electron chi connectivity index (χ1n) is 6.73. The zero-order valence-corrected chi connectivity index (χ0v) is 12.2. The van der Waals surface area contributed by atoms with Crippen LogP contribution in [-0.4, -0.2) is 41.8 Å². The van der Waals surface area contributed by atoms with E-state index in [0.29, 0.717) is 11.2 Å². The van der Waals surface area contributed by atoms with Crippen LogP contribution in [0.3, 0.4) is 0 Å². The molecular formula is C15H17ClN4. The molecule has 0 bridgehead atoms. The minimum atomic E-state index is 0.297. The van der Waals surface area contributed by atoms with Gasteiger partial charge in [-0.25, -0.2) is 0 Å². The third-order valence-corrected chi connectivity index (χ3v) is 3.88. The zero-order chi connectivity index (χ0) is 13.9. The second kappa shape index (κ2) is 5.77. The molecule has 0 N–H and O–H groups in total. The number of benzene rings is 1. The highest BCUT2D eigenvalue weighted by Gasteiger charge is 2.27. The van der Waals surface area contributed by atoms with Crippen LogP contribution in [0.4, 0.5) is 5.82 Å². The van der Waals surface area contributed by atoms with Crippen LogP contribution in [-0.2, 0) is 0 Å². The molecule has 0 saturated carbocycles. The van der Waals surface area contributed by atoms with Crippen LogP contribution in [0.5, 0.6) is 0 Å². The maximum Gasteiger partial charge on any atom is 0.151 e. The summed E-state index contributed by atoms with van der Waals surface area (Å²) >= 11 is 5.83. The molecule has 1 aliphatic rings. The number of anilines is 1. The van der Waals surface area contributed by atoms with E-state index >= 15 is 0 Å². The zero-order valence-electron chi connectivity index (χ0n) is 11.4. The molecule has 1 aliphatic heterocycles. The number of aromatic nitrogens is 2. The largest absolute Gasteiger partial charge is 0.346 e. The average molecular weight is 289 g/mol. The fraction of sp³-hybridized carbons (Fsp3) is 0.333. The minimum absolute atomic E-state index is 0.297. The Labute approximate surface area is 124 Å². The molecule has 1 aromatic carbocycles. The molecule has 1 unspecified atom stereocenters. The molecule has 3 rings (SSSR count). The van der Waals surface area contributed by atoms with E-state index < -0.39 is 0 Å². The second-order valence-corrected chi connectivity index (χ2v) is 5.48. The molecule has 0 amide bonds. The number of hydrogen-bond acceptors (Lipinski definition) is 4. The lowest BCUT2D eigenvalue weighted by molar-refractivity contribution is 0.268. The van der Waals surface area contributed by atoms with E-state index in [1.807, 2.05) is 12.1 Å². The van der Waals surface area contributed by atoms with Crippen molar-refractivity contribution in [2.24, 2.45) is 0 Å². The Balaban J connectivity index is 1.92. The molecule has 2 heterocycles. The molecule has 20 heavy (non-hydrogen) atoms. The lowest BCUT2D eigenvalue weighted by Gasteiger charge is -2.40. The molecule has 0 radical (unpaired) electrons. The Morgan fingerprint density at radius 1 is 1.05 bits per heavy atom. The Morgan fingerprint density at radius 2 is 1.85 bits per heavy atom. The maximum absolute atomic E-state index is 5.83. The van der Waals surface area contributed by atoms with Gasteiger partial charge in [0.05, 0.1) is 6.04 Å². The van der Waals surface area contributed by atoms with Gasteiger partial charge < -0.3 is 9.80 Å². The molecule has 1 fully saturated rings. The standard InChI is InChI=1S/C15H17ClN4/c1-19-9-10-20(15-8-7-14(16)17-18-15)13(11-19)12-5-3-2-4-6-12/h2-8,13H,9-11H2,1H3. The molecule has 2 aromatic rings. The van der Waals surface area contributed by atoms with Crippen LogP contribution in [0, 0.1) is 0 Å². The van der Waals surface area contributed by atoms with Crippen molar-refractivity contribution in [1.82, 2.24) is 15.1 Å². The fourth-order valence-corrected chi connectivity index (χ4v) is 2.72. The van der Waals surface area contributed by atoms with E-state index in [0.717, 1.165) is 25.5 Å². The van der Waals surface area contributed by atoms with E-state index in [1.54, 1.807) is 6.07 Å². The van der Waals surface area contributed by atoms with Crippen LogP contribution in [0.25, 0.3) is 0 Å². The van der Waals surface area contributed by atoms with Gasteiger partial charge in [0.1, 0.15) is 0 Å². The van der Waals surface area contributed by atoms with Crippen molar-refractivity contribution in [3.8, 4) is 0 Å². The van der Waals surface area contributed by atoms with E-state index in [-0.39, 0.29) is 0 Å². The number of hydrogen-bond donors (Lipinski definition) is 0. The summed E-state index contributed by atoms with van der Waals surface area (Å²) in [4.78, 5) is 4.65. The van der Waals surface area contributed by atoms with Crippen molar-refractivity contribution >= 4 is 17.4 Å². The summed E-state index contributed by atoms with van der Waals surface area (Å²) in [5.74, 6) is 0.886. The topological polar surface area (TPSA) is 32.3 Å². The first-order chi connectivity index (χ1) is 9.74. The normalized spacial score (nSPS) is 20.1. The van der Waals surface area contributed by atoms with E-state index in [1.165, 1.54) is 5.56 Å². The predicted octanol–water partition coefficient (Wildman–Crippen LogP) is 2.62. The highest BCUT2D eigenvalue weighted by atomic mass is 35.5. The van der Waals surface area contributed by atoms with Crippen LogP contribution >= 0.6 is 11.6 Å². The fourth-order valence-electron chi connectivity index (χ4n) is 2.62. The summed E-state index contributed by atoms with van der Waals surface area (Å²) in [6.45, 7) is 2.94. The number of likely N-dealkylation sites (N-methyl/N-ethyl adjacent to an activating group) is 1. The van der Waals surface area contributed by atoms with Crippen molar-refractivity contribution in [3.63, 3.8) is 0 Å². The van der Waals surface area contributed by atoms with E-state index in [2.05, 4.69) is 51.3 Å². The summed E-state index contributed by atoms with van der Waals surface area (Å²) in [6.07, 6.45) is 0. The summed E-state index contributed by atoms with van der Waals surface area (Å²) < 4.78 is 0. The van der Waals surface area contributed by atoms with Gasteiger partial charge in [0.15, 0.2) is 11.0 Å². The SMILES string of the molecule is CN1CCN(c2ccc(Cl)nn2)C(c2ccccc2)C1. The van der Waals surface area contributed by atoms with Gasteiger partial charge in [0.25, 0.3) is 0 Å². The Morgan fingerprint density at radius 3 is 2.55 bits per heavy atom. The van der Waals surface area contributed by atoms with Gasteiger partial charge in [-0.2, -0.15) is 0 Å². The van der Waals surface area contributed by atoms with Crippen LogP contribution in [0.2, 0.25) is 5.15 Å². The first-order valence-corrected chi connectivity index (χ1v) is 7.11. The molecule has 1 saturated heterocycles. The highest BCUT2D eigenvalue weighted by molar-refractivity contribution is 6.29. The Bertz CT molecular complexity index is 558. The quantitative estimate of drug-likeness (QED) is 0.850. The summed E-state index contributed by atoms with van der Waals surface area (Å²) in [6, 6.07) is 14.6. The maximum atomic E-state index is 5.83. The molecule has 5 heteroatoms. The Kier molecular flexibility index (Phi) is 3.85. The molecule has 4 nitrogen and oxygen atoms in total. The van der Waals surface area contributed by atoms with Gasteiger partial charge in [-0.15, -0.1) is 10.2 Å². The van der Waals surface area contributed by atoms with Gasteiger partial charge in [0, 0.05) is 19.6 Å². The van der Waals surface area contributed by atoms with Gasteiger partial charge in [-0.1, -0.05) is 41.9 Å². The van der Waals surface area contributed by atoms with Crippen molar-refractivity contribution < 1.29 is 0 Å². The van der Waals surface area contributed by atoms with Gasteiger partial charge >= 0.3 is 0 Å². The lowest BCUT2D eigenvalue weighted by Crippen LogP contribution is -2.47. The van der Waals surface area contributed by atoms with E-state index in [4.69, 9.17) is 11.6 Å².